The first-order valence-corrected chi connectivity index (χ1v) is 10.5. The summed E-state index contributed by atoms with van der Waals surface area (Å²) in [5.74, 6) is -0.944. The first kappa shape index (κ1) is 20.3. The Kier molecular flexibility index (Phi) is 5.40. The Morgan fingerprint density at radius 2 is 1.77 bits per heavy atom. The van der Waals surface area contributed by atoms with Gasteiger partial charge in [-0.2, -0.15) is 0 Å². The molecule has 1 fully saturated rings. The molecule has 0 bridgehead atoms. The van der Waals surface area contributed by atoms with Crippen molar-refractivity contribution < 1.29 is 9.59 Å². The first-order valence-electron chi connectivity index (χ1n) is 9.27. The van der Waals surface area contributed by atoms with Gasteiger partial charge in [-0.05, 0) is 79.7 Å². The molecule has 150 valence electrons. The maximum atomic E-state index is 13.2. The Hall–Kier alpha value is -3.03. The average molecular weight is 480 g/mol. The highest BCUT2D eigenvalue weighted by Gasteiger charge is 2.35. The molecule has 1 aromatic heterocycles. The number of hydrogen-bond acceptors (Lipinski definition) is 3. The minimum absolute atomic E-state index is 0.0381. The molecule has 1 saturated heterocycles. The van der Waals surface area contributed by atoms with Crippen molar-refractivity contribution in [2.24, 2.45) is 0 Å². The number of anilines is 1. The fourth-order valence-corrected chi connectivity index (χ4v) is 4.21. The number of benzene rings is 2. The van der Waals surface area contributed by atoms with E-state index < -0.39 is 11.8 Å². The molecule has 0 aliphatic carbocycles. The summed E-state index contributed by atoms with van der Waals surface area (Å²) in [5.41, 5.74) is 4.30. The summed E-state index contributed by atoms with van der Waals surface area (Å²) in [7, 11) is 0. The van der Waals surface area contributed by atoms with Gasteiger partial charge in [0.05, 0.1) is 5.69 Å². The minimum Gasteiger partial charge on any atom is -0.321 e. The normalized spacial score (nSPS) is 15.6. The van der Waals surface area contributed by atoms with Crippen LogP contribution in [0.15, 0.2) is 70.8 Å². The van der Waals surface area contributed by atoms with E-state index in [4.69, 9.17) is 12.2 Å². The lowest BCUT2D eigenvalue weighted by atomic mass is 10.1. The highest BCUT2D eigenvalue weighted by atomic mass is 79.9. The fraction of sp³-hybridized carbons (Fsp3) is 0.0870. The summed E-state index contributed by atoms with van der Waals surface area (Å²) in [6, 6.07) is 17.3. The zero-order chi connectivity index (χ0) is 21.4. The van der Waals surface area contributed by atoms with Crippen molar-refractivity contribution in [2.45, 2.75) is 13.8 Å². The molecule has 1 aliphatic rings. The van der Waals surface area contributed by atoms with E-state index in [1.54, 1.807) is 12.1 Å². The van der Waals surface area contributed by atoms with Gasteiger partial charge in [0.15, 0.2) is 5.11 Å². The average Bonchev–Trinajstić information content (AvgIpc) is 3.07. The predicted molar refractivity (Wildman–Crippen MR) is 126 cm³/mol. The Balaban J connectivity index is 1.73. The van der Waals surface area contributed by atoms with Gasteiger partial charge in [-0.3, -0.25) is 19.8 Å². The van der Waals surface area contributed by atoms with Crippen molar-refractivity contribution in [3.63, 3.8) is 0 Å². The van der Waals surface area contributed by atoms with Crippen molar-refractivity contribution >= 4 is 56.8 Å². The molecule has 4 rings (SSSR count). The van der Waals surface area contributed by atoms with Crippen LogP contribution in [0.25, 0.3) is 11.8 Å². The van der Waals surface area contributed by atoms with Gasteiger partial charge in [0.25, 0.3) is 11.8 Å². The molecular formula is C23H18BrN3O2S. The molecule has 1 N–H and O–H groups in total. The lowest BCUT2D eigenvalue weighted by molar-refractivity contribution is -0.122. The van der Waals surface area contributed by atoms with Gasteiger partial charge in [-0.1, -0.05) is 34.1 Å². The second kappa shape index (κ2) is 8.01. The number of carbonyl (C=O) groups is 2. The maximum Gasteiger partial charge on any atom is 0.270 e. The molecule has 0 radical (unpaired) electrons. The fourth-order valence-electron chi connectivity index (χ4n) is 3.46. The molecule has 2 aromatic carbocycles. The van der Waals surface area contributed by atoms with E-state index in [0.29, 0.717) is 5.69 Å². The van der Waals surface area contributed by atoms with Gasteiger partial charge in [0.1, 0.15) is 5.57 Å². The number of rotatable bonds is 3. The Morgan fingerprint density at radius 1 is 1.03 bits per heavy atom. The number of amides is 2. The lowest BCUT2D eigenvalue weighted by Gasteiger charge is -2.30. The van der Waals surface area contributed by atoms with E-state index in [9.17, 15) is 9.59 Å². The van der Waals surface area contributed by atoms with Crippen LogP contribution in [0.2, 0.25) is 0 Å². The third-order valence-electron chi connectivity index (χ3n) is 4.88. The standard InChI is InChI=1S/C23H18BrN3O2S/c1-14-10-17(24)8-9-20(14)27-22(29)19(21(28)25-23(27)30)12-16-11-15(2)26(13-16)18-6-4-3-5-7-18/h3-13H,1-2H3,(H,25,28,30)/b19-12-. The largest absolute Gasteiger partial charge is 0.321 e. The van der Waals surface area contributed by atoms with Gasteiger partial charge in [0, 0.05) is 22.1 Å². The summed E-state index contributed by atoms with van der Waals surface area (Å²) >= 11 is 8.72. The molecule has 3 aromatic rings. The van der Waals surface area contributed by atoms with Gasteiger partial charge in [-0.15, -0.1) is 0 Å². The number of halogens is 1. The van der Waals surface area contributed by atoms with Crippen LogP contribution >= 0.6 is 28.1 Å². The molecule has 30 heavy (non-hydrogen) atoms. The van der Waals surface area contributed by atoms with Gasteiger partial charge >= 0.3 is 0 Å². The number of carbonyl (C=O) groups excluding carboxylic acids is 2. The molecule has 0 saturated carbocycles. The molecule has 2 amide bonds. The molecule has 2 heterocycles. The Morgan fingerprint density at radius 3 is 2.47 bits per heavy atom. The SMILES string of the molecule is Cc1cc(Br)ccc1N1C(=O)/C(=C\c2cc(C)n(-c3ccccc3)c2)C(=O)NC1=S. The molecule has 7 heteroatoms. The van der Waals surface area contributed by atoms with Crippen molar-refractivity contribution in [3.8, 4) is 5.69 Å². The number of para-hydroxylation sites is 1. The van der Waals surface area contributed by atoms with E-state index in [-0.39, 0.29) is 10.7 Å². The summed E-state index contributed by atoms with van der Waals surface area (Å²) in [6.45, 7) is 3.86. The molecule has 0 atom stereocenters. The number of hydrogen-bond donors (Lipinski definition) is 1. The number of aryl methyl sites for hydroxylation is 2. The van der Waals surface area contributed by atoms with E-state index in [0.717, 1.165) is 27.0 Å². The van der Waals surface area contributed by atoms with Crippen molar-refractivity contribution in [1.29, 1.82) is 0 Å². The highest BCUT2D eigenvalue weighted by molar-refractivity contribution is 9.10. The minimum atomic E-state index is -0.499. The van der Waals surface area contributed by atoms with E-state index in [1.165, 1.54) is 4.90 Å². The predicted octanol–water partition coefficient (Wildman–Crippen LogP) is 4.69. The maximum absolute atomic E-state index is 13.2. The molecule has 0 spiro atoms. The smallest absolute Gasteiger partial charge is 0.270 e. The van der Waals surface area contributed by atoms with Gasteiger partial charge in [0.2, 0.25) is 0 Å². The van der Waals surface area contributed by atoms with Crippen LogP contribution in [-0.2, 0) is 9.59 Å². The second-order valence-corrected chi connectivity index (χ2v) is 8.31. The lowest BCUT2D eigenvalue weighted by Crippen LogP contribution is -2.54. The van der Waals surface area contributed by atoms with E-state index >= 15 is 0 Å². The summed E-state index contributed by atoms with van der Waals surface area (Å²) in [5, 5.41) is 2.71. The molecule has 1 aliphatic heterocycles. The number of thiocarbonyl (C=S) groups is 1. The Bertz CT molecular complexity index is 1210. The topological polar surface area (TPSA) is 54.3 Å². The Labute approximate surface area is 188 Å². The second-order valence-electron chi connectivity index (χ2n) is 7.01. The van der Waals surface area contributed by atoms with Crippen LogP contribution in [0.5, 0.6) is 0 Å². The van der Waals surface area contributed by atoms with E-state index in [1.807, 2.05) is 73.1 Å². The third kappa shape index (κ3) is 3.74. The summed E-state index contributed by atoms with van der Waals surface area (Å²) in [6.07, 6.45) is 3.51. The van der Waals surface area contributed by atoms with Gasteiger partial charge in [-0.25, -0.2) is 0 Å². The molecule has 0 unspecified atom stereocenters. The zero-order valence-corrected chi connectivity index (χ0v) is 18.8. The number of nitrogens with zero attached hydrogens (tertiary/aromatic N) is 2. The number of aromatic nitrogens is 1. The zero-order valence-electron chi connectivity index (χ0n) is 16.3. The number of nitrogens with one attached hydrogen (secondary N) is 1. The van der Waals surface area contributed by atoms with Crippen molar-refractivity contribution in [2.75, 3.05) is 4.90 Å². The molecule has 5 nitrogen and oxygen atoms in total. The summed E-state index contributed by atoms with van der Waals surface area (Å²) < 4.78 is 2.91. The highest BCUT2D eigenvalue weighted by Crippen LogP contribution is 2.28. The van der Waals surface area contributed by atoms with Gasteiger partial charge < -0.3 is 4.57 Å². The summed E-state index contributed by atoms with van der Waals surface area (Å²) in [4.78, 5) is 27.2. The monoisotopic (exact) mass is 479 g/mol. The first-order chi connectivity index (χ1) is 14.3. The van der Waals surface area contributed by atoms with Crippen LogP contribution in [0.4, 0.5) is 5.69 Å². The van der Waals surface area contributed by atoms with Crippen LogP contribution in [0.3, 0.4) is 0 Å². The molecular weight excluding hydrogens is 462 g/mol. The van der Waals surface area contributed by atoms with Crippen LogP contribution in [0.1, 0.15) is 16.8 Å². The third-order valence-corrected chi connectivity index (χ3v) is 5.66. The van der Waals surface area contributed by atoms with Crippen LogP contribution in [0, 0.1) is 13.8 Å². The quantitative estimate of drug-likeness (QED) is 0.336. The van der Waals surface area contributed by atoms with Crippen molar-refractivity contribution in [1.82, 2.24) is 9.88 Å². The van der Waals surface area contributed by atoms with E-state index in [2.05, 4.69) is 21.2 Å². The van der Waals surface area contributed by atoms with Crippen LogP contribution in [-0.4, -0.2) is 21.5 Å². The van der Waals surface area contributed by atoms with Crippen LogP contribution < -0.4 is 10.2 Å². The van der Waals surface area contributed by atoms with Crippen molar-refractivity contribution in [3.05, 3.63) is 87.7 Å².